The van der Waals surface area contributed by atoms with Crippen molar-refractivity contribution in [2.45, 2.75) is 37.6 Å². The molecule has 2 aliphatic rings. The van der Waals surface area contributed by atoms with E-state index in [2.05, 4.69) is 32.0 Å². The Balaban J connectivity index is 1.64. The number of amides is 1. The van der Waals surface area contributed by atoms with Crippen LogP contribution >= 0.6 is 11.3 Å². The van der Waals surface area contributed by atoms with Crippen LogP contribution in [-0.2, 0) is 5.54 Å². The Bertz CT molecular complexity index is 751. The van der Waals surface area contributed by atoms with Gasteiger partial charge in [0.15, 0.2) is 0 Å². The monoisotopic (exact) mass is 329 g/mol. The zero-order valence-electron chi connectivity index (χ0n) is 13.0. The molecule has 0 bridgehead atoms. The maximum atomic E-state index is 12.3. The minimum atomic E-state index is -0.136. The molecule has 4 rings (SSSR count). The van der Waals surface area contributed by atoms with Crippen molar-refractivity contribution in [3.63, 3.8) is 0 Å². The molecule has 2 aromatic rings. The van der Waals surface area contributed by atoms with Crippen molar-refractivity contribution in [2.24, 2.45) is 0 Å². The predicted molar refractivity (Wildman–Crippen MR) is 91.4 cm³/mol. The lowest BCUT2D eigenvalue weighted by Crippen LogP contribution is -2.40. The molecule has 6 nitrogen and oxygen atoms in total. The van der Waals surface area contributed by atoms with E-state index in [1.54, 1.807) is 0 Å². The standard InChI is InChI=1S/C16H19N5OS/c1-17-11-8-12(19-9-18-11)20-13-7-10-14(23-13)15(22)21-16(10)5-3-2-4-6-16/h7-9H,2-6H2,1H3,(H,21,22)(H2,17,18,19,20). The highest BCUT2D eigenvalue weighted by atomic mass is 32.1. The first-order valence-corrected chi connectivity index (χ1v) is 8.75. The van der Waals surface area contributed by atoms with Crippen molar-refractivity contribution in [3.8, 4) is 0 Å². The molecule has 0 saturated heterocycles. The molecule has 0 radical (unpaired) electrons. The highest BCUT2D eigenvalue weighted by molar-refractivity contribution is 7.18. The quantitative estimate of drug-likeness (QED) is 0.806. The molecular weight excluding hydrogens is 310 g/mol. The number of carbonyl (C=O) groups excluding carboxylic acids is 1. The van der Waals surface area contributed by atoms with E-state index >= 15 is 0 Å². The molecule has 2 aromatic heterocycles. The summed E-state index contributed by atoms with van der Waals surface area (Å²) >= 11 is 1.50. The summed E-state index contributed by atoms with van der Waals surface area (Å²) in [5.74, 6) is 1.55. The number of hydrogen-bond acceptors (Lipinski definition) is 6. The van der Waals surface area contributed by atoms with Gasteiger partial charge in [0.05, 0.1) is 15.4 Å². The van der Waals surface area contributed by atoms with Gasteiger partial charge in [0.2, 0.25) is 0 Å². The van der Waals surface area contributed by atoms with Gasteiger partial charge in [-0.15, -0.1) is 11.3 Å². The molecule has 1 spiro atoms. The Kier molecular flexibility index (Phi) is 3.45. The Morgan fingerprint density at radius 2 is 1.96 bits per heavy atom. The van der Waals surface area contributed by atoms with Crippen LogP contribution in [-0.4, -0.2) is 22.9 Å². The zero-order chi connectivity index (χ0) is 15.9. The fourth-order valence-corrected chi connectivity index (χ4v) is 4.62. The van der Waals surface area contributed by atoms with Gasteiger partial charge in [0.25, 0.3) is 5.91 Å². The van der Waals surface area contributed by atoms with E-state index < -0.39 is 0 Å². The van der Waals surface area contributed by atoms with E-state index in [1.165, 1.54) is 36.9 Å². The van der Waals surface area contributed by atoms with Crippen LogP contribution < -0.4 is 16.0 Å². The Morgan fingerprint density at radius 3 is 2.74 bits per heavy atom. The van der Waals surface area contributed by atoms with E-state index in [0.29, 0.717) is 0 Å². The van der Waals surface area contributed by atoms with Crippen LogP contribution in [0.3, 0.4) is 0 Å². The van der Waals surface area contributed by atoms with E-state index in [4.69, 9.17) is 0 Å². The lowest BCUT2D eigenvalue weighted by Gasteiger charge is -2.33. The Labute approximate surface area is 138 Å². The topological polar surface area (TPSA) is 78.9 Å². The van der Waals surface area contributed by atoms with E-state index in [-0.39, 0.29) is 11.4 Å². The van der Waals surface area contributed by atoms with Gasteiger partial charge < -0.3 is 16.0 Å². The predicted octanol–water partition coefficient (Wildman–Crippen LogP) is 3.23. The van der Waals surface area contributed by atoms with Gasteiger partial charge in [-0.05, 0) is 18.9 Å². The first kappa shape index (κ1) is 14.4. The minimum Gasteiger partial charge on any atom is -0.373 e. The number of anilines is 3. The third-order valence-electron chi connectivity index (χ3n) is 4.69. The minimum absolute atomic E-state index is 0.0681. The van der Waals surface area contributed by atoms with Gasteiger partial charge >= 0.3 is 0 Å². The van der Waals surface area contributed by atoms with E-state index in [9.17, 15) is 4.79 Å². The number of rotatable bonds is 3. The molecule has 120 valence electrons. The second-order valence-electron chi connectivity index (χ2n) is 6.11. The molecule has 3 heterocycles. The first-order chi connectivity index (χ1) is 11.2. The molecule has 0 atom stereocenters. The Hall–Kier alpha value is -2.15. The van der Waals surface area contributed by atoms with Crippen molar-refractivity contribution in [3.05, 3.63) is 28.9 Å². The molecule has 3 N–H and O–H groups in total. The molecule has 0 aromatic carbocycles. The van der Waals surface area contributed by atoms with Gasteiger partial charge in [-0.1, -0.05) is 19.3 Å². The van der Waals surface area contributed by atoms with Gasteiger partial charge in [-0.2, -0.15) is 0 Å². The van der Waals surface area contributed by atoms with Crippen LogP contribution in [0, 0.1) is 0 Å². The summed E-state index contributed by atoms with van der Waals surface area (Å²) in [7, 11) is 1.82. The maximum absolute atomic E-state index is 12.3. The fraction of sp³-hybridized carbons (Fsp3) is 0.438. The second kappa shape index (κ2) is 5.49. The SMILES string of the molecule is CNc1cc(Nc2cc3c(s2)C(=O)NC32CCCCC2)ncn1. The lowest BCUT2D eigenvalue weighted by atomic mass is 9.78. The molecule has 1 amide bonds. The van der Waals surface area contributed by atoms with Crippen LogP contribution in [0.1, 0.15) is 47.3 Å². The number of carbonyl (C=O) groups is 1. The van der Waals surface area contributed by atoms with Gasteiger partial charge in [0.1, 0.15) is 18.0 Å². The molecular formula is C16H19N5OS. The van der Waals surface area contributed by atoms with Gasteiger partial charge in [-0.3, -0.25) is 4.79 Å². The molecule has 23 heavy (non-hydrogen) atoms. The average molecular weight is 329 g/mol. The summed E-state index contributed by atoms with van der Waals surface area (Å²) in [6, 6.07) is 3.96. The largest absolute Gasteiger partial charge is 0.373 e. The molecule has 1 aliphatic carbocycles. The number of nitrogens with zero attached hydrogens (tertiary/aromatic N) is 2. The number of hydrogen-bond donors (Lipinski definition) is 3. The highest BCUT2D eigenvalue weighted by Crippen LogP contribution is 2.47. The van der Waals surface area contributed by atoms with Crippen LogP contribution in [0.4, 0.5) is 16.6 Å². The number of nitrogens with one attached hydrogen (secondary N) is 3. The van der Waals surface area contributed by atoms with Crippen molar-refractivity contribution in [1.29, 1.82) is 0 Å². The fourth-order valence-electron chi connectivity index (χ4n) is 3.56. The molecule has 1 fully saturated rings. The highest BCUT2D eigenvalue weighted by Gasteiger charge is 2.44. The summed E-state index contributed by atoms with van der Waals surface area (Å²) in [6.07, 6.45) is 7.21. The molecule has 1 aliphatic heterocycles. The number of fused-ring (bicyclic) bond motifs is 2. The summed E-state index contributed by atoms with van der Waals surface area (Å²) in [4.78, 5) is 21.5. The number of thiophene rings is 1. The van der Waals surface area contributed by atoms with Crippen molar-refractivity contribution < 1.29 is 4.79 Å². The number of aromatic nitrogens is 2. The summed E-state index contributed by atoms with van der Waals surface area (Å²) < 4.78 is 0. The van der Waals surface area contributed by atoms with Crippen LogP contribution in [0.15, 0.2) is 18.5 Å². The normalized spacial score (nSPS) is 18.6. The maximum Gasteiger partial charge on any atom is 0.262 e. The third kappa shape index (κ3) is 2.45. The van der Waals surface area contributed by atoms with Crippen molar-refractivity contribution in [1.82, 2.24) is 15.3 Å². The van der Waals surface area contributed by atoms with Crippen LogP contribution in [0.2, 0.25) is 0 Å². The zero-order valence-corrected chi connectivity index (χ0v) is 13.8. The first-order valence-electron chi connectivity index (χ1n) is 7.94. The van der Waals surface area contributed by atoms with Crippen LogP contribution in [0.25, 0.3) is 0 Å². The average Bonchev–Trinajstić information content (AvgIpc) is 3.09. The molecule has 1 saturated carbocycles. The summed E-state index contributed by atoms with van der Waals surface area (Å²) in [5.41, 5.74) is 1.03. The lowest BCUT2D eigenvalue weighted by molar-refractivity contribution is 0.0912. The summed E-state index contributed by atoms with van der Waals surface area (Å²) in [6.45, 7) is 0. The molecule has 0 unspecified atom stereocenters. The second-order valence-corrected chi connectivity index (χ2v) is 7.17. The van der Waals surface area contributed by atoms with Crippen molar-refractivity contribution >= 4 is 33.9 Å². The van der Waals surface area contributed by atoms with Crippen LogP contribution in [0.5, 0.6) is 0 Å². The van der Waals surface area contributed by atoms with Gasteiger partial charge in [-0.25, -0.2) is 9.97 Å². The van der Waals surface area contributed by atoms with Crippen molar-refractivity contribution in [2.75, 3.05) is 17.7 Å². The van der Waals surface area contributed by atoms with E-state index in [0.717, 1.165) is 39.9 Å². The third-order valence-corrected chi connectivity index (χ3v) is 5.74. The molecule has 7 heteroatoms. The van der Waals surface area contributed by atoms with Gasteiger partial charge in [0, 0.05) is 18.7 Å². The summed E-state index contributed by atoms with van der Waals surface area (Å²) in [5, 5.41) is 10.5. The Morgan fingerprint density at radius 1 is 1.17 bits per heavy atom. The smallest absolute Gasteiger partial charge is 0.262 e. The van der Waals surface area contributed by atoms with E-state index in [1.807, 2.05) is 13.1 Å².